The molecule has 3 aromatic carbocycles. The number of benzene rings is 3. The molecule has 2 aromatic heterocycles. The van der Waals surface area contributed by atoms with Crippen LogP contribution in [0, 0.1) is 5.82 Å². The van der Waals surface area contributed by atoms with E-state index in [0.29, 0.717) is 18.2 Å². The third-order valence-electron chi connectivity index (χ3n) is 8.53. The summed E-state index contributed by atoms with van der Waals surface area (Å²) in [6.07, 6.45) is 7.73. The number of hydrogen-bond acceptors (Lipinski definition) is 8. The molecule has 0 saturated carbocycles. The number of aryl methyl sites for hydroxylation is 2. The van der Waals surface area contributed by atoms with E-state index in [4.69, 9.17) is 24.7 Å². The van der Waals surface area contributed by atoms with Crippen LogP contribution in [0.25, 0.3) is 22.5 Å². The minimum absolute atomic E-state index is 0. The van der Waals surface area contributed by atoms with Crippen LogP contribution in [0.4, 0.5) is 21.0 Å². The molecule has 48 heavy (non-hydrogen) atoms. The second-order valence-corrected chi connectivity index (χ2v) is 11.2. The molecule has 4 heterocycles. The lowest BCUT2D eigenvalue weighted by Gasteiger charge is -2.14. The van der Waals surface area contributed by atoms with Gasteiger partial charge in [-0.15, -0.1) is 0 Å². The SMILES string of the molecule is COc1cc2c(cc1OC)-c1cnc(N)n1CCC2.COc1cc2c(cc1OC)-c1cnc(NCc3ccc(F)cc3)n1CCC2.F.P. The van der Waals surface area contributed by atoms with Crippen molar-refractivity contribution in [2.45, 2.75) is 45.3 Å². The van der Waals surface area contributed by atoms with Gasteiger partial charge in [-0.2, -0.15) is 9.90 Å². The van der Waals surface area contributed by atoms with Gasteiger partial charge < -0.3 is 39.1 Å². The summed E-state index contributed by atoms with van der Waals surface area (Å²) in [7, 11) is 6.60. The predicted octanol–water partition coefficient (Wildman–Crippen LogP) is 6.57. The van der Waals surface area contributed by atoms with Crippen LogP contribution in [-0.2, 0) is 32.5 Å². The van der Waals surface area contributed by atoms with Gasteiger partial charge in [-0.1, -0.05) is 12.1 Å². The van der Waals surface area contributed by atoms with Crippen molar-refractivity contribution in [3.63, 3.8) is 0 Å². The standard InChI is InChI=1S/C21H22FN3O2.C14H17N3O2.FH.H3P/c1-26-19-10-15-4-3-9-25-18(17(15)11-20(19)27-2)13-24-21(25)23-12-14-5-7-16(22)8-6-14;1-18-12-6-9-4-3-5-17-11(8-16-14(17)15)10(9)7-13(12)19-2;;/h5-8,10-11,13H,3-4,9,12H2,1-2H3,(H,23,24);6-8H,3-5H2,1-2H3,(H2,15,16);1H;1H3. The van der Waals surface area contributed by atoms with Gasteiger partial charge in [0.2, 0.25) is 11.9 Å². The van der Waals surface area contributed by atoms with Crippen molar-refractivity contribution in [3.05, 3.63) is 83.4 Å². The van der Waals surface area contributed by atoms with Gasteiger partial charge in [-0.25, -0.2) is 14.4 Å². The maximum absolute atomic E-state index is 13.1. The third kappa shape index (κ3) is 7.18. The number of ether oxygens (including phenoxy) is 4. The molecule has 0 fully saturated rings. The summed E-state index contributed by atoms with van der Waals surface area (Å²) < 4.78 is 39.0. The molecule has 2 aliphatic rings. The number of imidazole rings is 2. The number of aromatic nitrogens is 4. The van der Waals surface area contributed by atoms with Crippen molar-refractivity contribution in [2.75, 3.05) is 39.5 Å². The Hall–Kier alpha value is -4.83. The minimum Gasteiger partial charge on any atom is -0.493 e. The number of nitrogens with zero attached hydrogens (tertiary/aromatic N) is 4. The molecular weight excluding hydrogens is 637 g/mol. The van der Waals surface area contributed by atoms with E-state index in [1.165, 1.54) is 23.3 Å². The quantitative estimate of drug-likeness (QED) is 0.186. The Morgan fingerprint density at radius 3 is 1.75 bits per heavy atom. The summed E-state index contributed by atoms with van der Waals surface area (Å²) >= 11 is 0. The van der Waals surface area contributed by atoms with Gasteiger partial charge in [0.15, 0.2) is 23.0 Å². The lowest BCUT2D eigenvalue weighted by atomic mass is 10.0. The fourth-order valence-corrected chi connectivity index (χ4v) is 6.17. The maximum atomic E-state index is 13.1. The fraction of sp³-hybridized carbons (Fsp3) is 0.314. The smallest absolute Gasteiger partial charge is 0.203 e. The zero-order valence-corrected chi connectivity index (χ0v) is 29.1. The first-order chi connectivity index (χ1) is 22.4. The highest BCUT2D eigenvalue weighted by Crippen LogP contribution is 2.40. The Morgan fingerprint density at radius 2 is 1.21 bits per heavy atom. The predicted molar refractivity (Wildman–Crippen MR) is 190 cm³/mol. The number of halogens is 2. The van der Waals surface area contributed by atoms with Crippen LogP contribution in [0.1, 0.15) is 29.5 Å². The van der Waals surface area contributed by atoms with Crippen molar-refractivity contribution >= 4 is 21.8 Å². The molecule has 0 bridgehead atoms. The van der Waals surface area contributed by atoms with E-state index in [0.717, 1.165) is 90.0 Å². The molecule has 0 radical (unpaired) electrons. The molecular formula is C35H43F2N6O4P. The van der Waals surface area contributed by atoms with Gasteiger partial charge >= 0.3 is 0 Å². The van der Waals surface area contributed by atoms with Crippen LogP contribution in [-0.4, -0.2) is 47.5 Å². The molecule has 0 saturated heterocycles. The minimum atomic E-state index is -0.227. The number of methoxy groups -OCH3 is 4. The van der Waals surface area contributed by atoms with Gasteiger partial charge in [0.1, 0.15) is 5.82 Å². The molecule has 1 atom stereocenters. The molecule has 0 amide bonds. The van der Waals surface area contributed by atoms with E-state index in [2.05, 4.69) is 30.5 Å². The van der Waals surface area contributed by atoms with Crippen LogP contribution in [0.2, 0.25) is 0 Å². The lowest BCUT2D eigenvalue weighted by molar-refractivity contribution is 0.354. The average Bonchev–Trinajstić information content (AvgIpc) is 3.53. The molecule has 10 nitrogen and oxygen atoms in total. The van der Waals surface area contributed by atoms with Crippen LogP contribution in [0.15, 0.2) is 60.9 Å². The molecule has 13 heteroatoms. The summed E-state index contributed by atoms with van der Waals surface area (Å²) in [5.41, 5.74) is 13.7. The first-order valence-corrected chi connectivity index (χ1v) is 15.3. The third-order valence-corrected chi connectivity index (χ3v) is 8.53. The molecule has 0 spiro atoms. The topological polar surface area (TPSA) is 111 Å². The number of fused-ring (bicyclic) bond motifs is 6. The monoisotopic (exact) mass is 680 g/mol. The Kier molecular flexibility index (Phi) is 11.9. The van der Waals surface area contributed by atoms with Crippen LogP contribution in [0.5, 0.6) is 23.0 Å². The first kappa shape index (κ1) is 36.0. The van der Waals surface area contributed by atoms with Crippen molar-refractivity contribution in [1.82, 2.24) is 19.1 Å². The Morgan fingerprint density at radius 1 is 0.729 bits per heavy atom. The highest BCUT2D eigenvalue weighted by atomic mass is 31.0. The van der Waals surface area contributed by atoms with Gasteiger partial charge in [-0.3, -0.25) is 4.70 Å². The van der Waals surface area contributed by atoms with E-state index in [1.807, 2.05) is 30.6 Å². The molecule has 2 aliphatic heterocycles. The van der Waals surface area contributed by atoms with Gasteiger partial charge in [0, 0.05) is 30.8 Å². The normalized spacial score (nSPS) is 12.4. The first-order valence-electron chi connectivity index (χ1n) is 15.3. The average molecular weight is 681 g/mol. The number of anilines is 2. The summed E-state index contributed by atoms with van der Waals surface area (Å²) in [6.45, 7) is 2.36. The van der Waals surface area contributed by atoms with E-state index in [9.17, 15) is 4.39 Å². The van der Waals surface area contributed by atoms with E-state index in [-0.39, 0.29) is 20.4 Å². The molecule has 256 valence electrons. The Labute approximate surface area is 282 Å². The van der Waals surface area contributed by atoms with Crippen LogP contribution < -0.4 is 30.0 Å². The van der Waals surface area contributed by atoms with Gasteiger partial charge in [-0.05, 0) is 78.8 Å². The maximum Gasteiger partial charge on any atom is 0.203 e. The van der Waals surface area contributed by atoms with Crippen molar-refractivity contribution in [1.29, 1.82) is 0 Å². The lowest BCUT2D eigenvalue weighted by Crippen LogP contribution is -2.08. The van der Waals surface area contributed by atoms with Crippen molar-refractivity contribution < 1.29 is 28.0 Å². The fourth-order valence-electron chi connectivity index (χ4n) is 6.17. The zero-order chi connectivity index (χ0) is 32.2. The summed E-state index contributed by atoms with van der Waals surface area (Å²) in [4.78, 5) is 8.78. The Bertz CT molecular complexity index is 1840. The number of nitrogen functional groups attached to an aromatic ring is 1. The number of rotatable bonds is 7. The van der Waals surface area contributed by atoms with Crippen LogP contribution >= 0.6 is 9.90 Å². The number of nitrogens with two attached hydrogens (primary N) is 1. The van der Waals surface area contributed by atoms with Crippen LogP contribution in [0.3, 0.4) is 0 Å². The second kappa shape index (κ2) is 15.8. The number of hydrogen-bond donors (Lipinski definition) is 2. The summed E-state index contributed by atoms with van der Waals surface area (Å²) in [5.74, 6) is 4.12. The highest BCUT2D eigenvalue weighted by Gasteiger charge is 2.22. The van der Waals surface area contributed by atoms with Crippen molar-refractivity contribution in [3.8, 4) is 45.5 Å². The molecule has 5 aromatic rings. The van der Waals surface area contributed by atoms with E-state index < -0.39 is 0 Å². The van der Waals surface area contributed by atoms with E-state index in [1.54, 1.807) is 40.6 Å². The second-order valence-electron chi connectivity index (χ2n) is 11.2. The highest BCUT2D eigenvalue weighted by molar-refractivity contribution is 6.92. The van der Waals surface area contributed by atoms with Crippen molar-refractivity contribution in [2.24, 2.45) is 0 Å². The Balaban J connectivity index is 0.000000220. The summed E-state index contributed by atoms with van der Waals surface area (Å²) in [6, 6.07) is 14.6. The van der Waals surface area contributed by atoms with Gasteiger partial charge in [0.25, 0.3) is 0 Å². The van der Waals surface area contributed by atoms with E-state index >= 15 is 0 Å². The molecule has 7 rings (SSSR count). The molecule has 3 N–H and O–H groups in total. The molecule has 1 unspecified atom stereocenters. The number of nitrogens with one attached hydrogen (secondary N) is 1. The molecule has 0 aliphatic carbocycles. The largest absolute Gasteiger partial charge is 0.493 e. The zero-order valence-electron chi connectivity index (χ0n) is 27.7. The summed E-state index contributed by atoms with van der Waals surface area (Å²) in [5, 5.41) is 3.37. The van der Waals surface area contributed by atoms with Gasteiger partial charge in [0.05, 0.1) is 52.2 Å².